The zero-order valence-corrected chi connectivity index (χ0v) is 19.7. The fourth-order valence-corrected chi connectivity index (χ4v) is 5.31. The Kier molecular flexibility index (Phi) is 7.23. The summed E-state index contributed by atoms with van der Waals surface area (Å²) in [5.74, 6) is -0.336. The first-order valence-electron chi connectivity index (χ1n) is 9.84. The number of nitrogens with zero attached hydrogens (tertiary/aromatic N) is 4. The highest BCUT2D eigenvalue weighted by Crippen LogP contribution is 2.39. The van der Waals surface area contributed by atoms with Gasteiger partial charge in [0.2, 0.25) is 0 Å². The standard InChI is InChI=1S/C21H22BrFN4O4S/c1-11-3-4-12(5-15(11)23)16-9-27(26-25-16)18-19(29)17(10-28)31-21(20(18)30-2)32-14-6-13(22)7-24-8-14/h3-9,17-21,28-29H,10H2,1-2H3/t17?,18-,19-,20?,21+/m0/s1. The third-order valence-electron chi connectivity index (χ3n) is 5.31. The Labute approximate surface area is 196 Å². The molecule has 0 saturated carbocycles. The summed E-state index contributed by atoms with van der Waals surface area (Å²) in [6, 6.07) is 6.02. The van der Waals surface area contributed by atoms with E-state index in [-0.39, 0.29) is 12.4 Å². The molecule has 0 radical (unpaired) electrons. The van der Waals surface area contributed by atoms with Crippen LogP contribution in [0.1, 0.15) is 11.6 Å². The second-order valence-corrected chi connectivity index (χ2v) is 9.50. The summed E-state index contributed by atoms with van der Waals surface area (Å²) in [6.45, 7) is 1.30. The number of aryl methyl sites for hydroxylation is 1. The maximum absolute atomic E-state index is 14.0. The zero-order chi connectivity index (χ0) is 22.8. The van der Waals surface area contributed by atoms with Crippen LogP contribution in [0.25, 0.3) is 11.3 Å². The van der Waals surface area contributed by atoms with Crippen LogP contribution in [0.5, 0.6) is 0 Å². The van der Waals surface area contributed by atoms with Gasteiger partial charge in [-0.15, -0.1) is 5.10 Å². The van der Waals surface area contributed by atoms with Crippen molar-refractivity contribution in [1.82, 2.24) is 20.0 Å². The summed E-state index contributed by atoms with van der Waals surface area (Å²) < 4.78 is 28.0. The molecule has 2 unspecified atom stereocenters. The molecule has 32 heavy (non-hydrogen) atoms. The largest absolute Gasteiger partial charge is 0.394 e. The van der Waals surface area contributed by atoms with Gasteiger partial charge in [0.05, 0.1) is 12.8 Å². The molecule has 0 amide bonds. The topological polar surface area (TPSA) is 103 Å². The number of hydrogen-bond donors (Lipinski definition) is 2. The minimum absolute atomic E-state index is 0.336. The molecule has 4 rings (SSSR count). The number of aliphatic hydroxyl groups excluding tert-OH is 2. The molecule has 11 heteroatoms. The lowest BCUT2D eigenvalue weighted by molar-refractivity contribution is -0.186. The number of halogens is 2. The molecule has 1 aromatic carbocycles. The number of ether oxygens (including phenoxy) is 2. The van der Waals surface area contributed by atoms with Crippen LogP contribution in [0, 0.1) is 12.7 Å². The summed E-state index contributed by atoms with van der Waals surface area (Å²) in [6.07, 6.45) is 2.42. The second kappa shape index (κ2) is 9.94. The van der Waals surface area contributed by atoms with Gasteiger partial charge in [-0.25, -0.2) is 9.07 Å². The van der Waals surface area contributed by atoms with Gasteiger partial charge < -0.3 is 19.7 Å². The molecule has 0 bridgehead atoms. The third-order valence-corrected chi connectivity index (χ3v) is 6.85. The zero-order valence-electron chi connectivity index (χ0n) is 17.3. The van der Waals surface area contributed by atoms with Crippen molar-refractivity contribution in [3.63, 3.8) is 0 Å². The highest BCUT2D eigenvalue weighted by Gasteiger charge is 2.47. The Hall–Kier alpha value is -1.89. The average Bonchev–Trinajstić information content (AvgIpc) is 3.26. The Bertz CT molecular complexity index is 1090. The predicted molar refractivity (Wildman–Crippen MR) is 120 cm³/mol. The van der Waals surface area contributed by atoms with Gasteiger partial charge in [-0.3, -0.25) is 4.98 Å². The summed E-state index contributed by atoms with van der Waals surface area (Å²) in [5, 5.41) is 29.1. The first kappa shape index (κ1) is 23.3. The van der Waals surface area contributed by atoms with E-state index in [1.165, 1.54) is 29.6 Å². The van der Waals surface area contributed by atoms with E-state index in [1.807, 2.05) is 6.07 Å². The molecule has 3 aromatic rings. The lowest BCUT2D eigenvalue weighted by Gasteiger charge is -2.43. The van der Waals surface area contributed by atoms with E-state index in [2.05, 4.69) is 31.2 Å². The van der Waals surface area contributed by atoms with Crippen LogP contribution in [-0.2, 0) is 9.47 Å². The van der Waals surface area contributed by atoms with Gasteiger partial charge in [-0.05, 0) is 40.5 Å². The van der Waals surface area contributed by atoms with E-state index >= 15 is 0 Å². The molecule has 0 spiro atoms. The van der Waals surface area contributed by atoms with Gasteiger partial charge in [0.15, 0.2) is 0 Å². The lowest BCUT2D eigenvalue weighted by atomic mass is 9.97. The van der Waals surface area contributed by atoms with Crippen molar-refractivity contribution in [1.29, 1.82) is 0 Å². The second-order valence-electron chi connectivity index (χ2n) is 7.41. The number of rotatable bonds is 6. The minimum atomic E-state index is -1.10. The maximum Gasteiger partial charge on any atom is 0.136 e. The molecule has 0 aliphatic carbocycles. The molecule has 2 N–H and O–H groups in total. The van der Waals surface area contributed by atoms with Gasteiger partial charge in [0.1, 0.15) is 41.3 Å². The van der Waals surface area contributed by atoms with Crippen LogP contribution in [0.2, 0.25) is 0 Å². The van der Waals surface area contributed by atoms with Gasteiger partial charge in [0.25, 0.3) is 0 Å². The molecule has 1 fully saturated rings. The Morgan fingerprint density at radius 1 is 1.31 bits per heavy atom. The Morgan fingerprint density at radius 2 is 2.12 bits per heavy atom. The fourth-order valence-electron chi connectivity index (χ4n) is 3.61. The molecule has 170 valence electrons. The van der Waals surface area contributed by atoms with Gasteiger partial charge >= 0.3 is 0 Å². The van der Waals surface area contributed by atoms with Crippen molar-refractivity contribution in [2.24, 2.45) is 0 Å². The first-order chi connectivity index (χ1) is 15.4. The summed E-state index contributed by atoms with van der Waals surface area (Å²) in [4.78, 5) is 4.99. The summed E-state index contributed by atoms with van der Waals surface area (Å²) >= 11 is 4.76. The van der Waals surface area contributed by atoms with Crippen LogP contribution < -0.4 is 0 Å². The van der Waals surface area contributed by atoms with Crippen molar-refractivity contribution in [2.45, 2.75) is 41.6 Å². The molecule has 5 atom stereocenters. The van der Waals surface area contributed by atoms with Crippen molar-refractivity contribution in [2.75, 3.05) is 13.7 Å². The van der Waals surface area contributed by atoms with Crippen molar-refractivity contribution < 1.29 is 24.1 Å². The summed E-state index contributed by atoms with van der Waals surface area (Å²) in [7, 11) is 1.52. The quantitative estimate of drug-likeness (QED) is 0.507. The monoisotopic (exact) mass is 524 g/mol. The van der Waals surface area contributed by atoms with Gasteiger partial charge in [-0.1, -0.05) is 29.1 Å². The normalized spacial score (nSPS) is 25.8. The van der Waals surface area contributed by atoms with Gasteiger partial charge in [-0.2, -0.15) is 0 Å². The van der Waals surface area contributed by atoms with Crippen LogP contribution in [0.15, 0.2) is 52.2 Å². The minimum Gasteiger partial charge on any atom is -0.394 e. The van der Waals surface area contributed by atoms with E-state index in [0.717, 1.165) is 9.37 Å². The molecule has 1 aliphatic rings. The fraction of sp³-hybridized carbons (Fsp3) is 0.381. The van der Waals surface area contributed by atoms with E-state index in [0.29, 0.717) is 16.8 Å². The molecule has 1 saturated heterocycles. The van der Waals surface area contributed by atoms with Crippen LogP contribution in [0.3, 0.4) is 0 Å². The smallest absolute Gasteiger partial charge is 0.136 e. The number of benzene rings is 1. The molecule has 3 heterocycles. The molecule has 1 aliphatic heterocycles. The SMILES string of the molecule is COC1[C@@H](Sc2cncc(Br)c2)OC(CO)[C@H](O)[C@@H]1n1cc(-c2ccc(C)c(F)c2)nn1. The number of hydrogen-bond acceptors (Lipinski definition) is 8. The molecule has 2 aromatic heterocycles. The Balaban J connectivity index is 1.66. The number of methoxy groups -OCH3 is 1. The van der Waals surface area contributed by atoms with Crippen LogP contribution in [0.4, 0.5) is 4.39 Å². The van der Waals surface area contributed by atoms with E-state index in [4.69, 9.17) is 9.47 Å². The number of aliphatic hydroxyl groups is 2. The van der Waals surface area contributed by atoms with Crippen LogP contribution in [-0.4, -0.2) is 67.7 Å². The number of thioether (sulfide) groups is 1. The van der Waals surface area contributed by atoms with E-state index in [9.17, 15) is 14.6 Å². The molecular formula is C21H22BrFN4O4S. The highest BCUT2D eigenvalue weighted by atomic mass is 79.9. The first-order valence-corrected chi connectivity index (χ1v) is 11.5. The number of aromatic nitrogens is 4. The average molecular weight is 525 g/mol. The third kappa shape index (κ3) is 4.73. The molecular weight excluding hydrogens is 503 g/mol. The van der Waals surface area contributed by atoms with Crippen molar-refractivity contribution >= 4 is 27.7 Å². The van der Waals surface area contributed by atoms with Crippen molar-refractivity contribution in [3.05, 3.63) is 58.7 Å². The summed E-state index contributed by atoms with van der Waals surface area (Å²) in [5.41, 5.74) is 0.998. The Morgan fingerprint density at radius 3 is 2.81 bits per heavy atom. The van der Waals surface area contributed by atoms with Crippen molar-refractivity contribution in [3.8, 4) is 11.3 Å². The molecule has 8 nitrogen and oxygen atoms in total. The number of pyridine rings is 1. The van der Waals surface area contributed by atoms with Gasteiger partial charge in [0, 0.05) is 34.4 Å². The highest BCUT2D eigenvalue weighted by molar-refractivity contribution is 9.10. The maximum atomic E-state index is 14.0. The van der Waals surface area contributed by atoms with Crippen LogP contribution >= 0.6 is 27.7 Å². The predicted octanol–water partition coefficient (Wildman–Crippen LogP) is 2.98. The van der Waals surface area contributed by atoms with E-state index < -0.39 is 29.8 Å². The lowest BCUT2D eigenvalue weighted by Crippen LogP contribution is -2.55. The van der Waals surface area contributed by atoms with E-state index in [1.54, 1.807) is 37.6 Å².